The van der Waals surface area contributed by atoms with E-state index in [1.165, 1.54) is 6.92 Å². The molecule has 7 heteroatoms. The minimum atomic E-state index is -0.902. The molecule has 0 radical (unpaired) electrons. The zero-order valence-electron chi connectivity index (χ0n) is 14.4. The fourth-order valence-corrected chi connectivity index (χ4v) is 1.80. The second kappa shape index (κ2) is 8.90. The van der Waals surface area contributed by atoms with E-state index in [1.807, 2.05) is 30.3 Å². The molecule has 1 rings (SSSR count). The quantitative estimate of drug-likeness (QED) is 0.613. The van der Waals surface area contributed by atoms with Crippen LogP contribution in [0.25, 0.3) is 0 Å². The summed E-state index contributed by atoms with van der Waals surface area (Å²) in [6.07, 6.45) is -1.83. The van der Waals surface area contributed by atoms with Crippen LogP contribution in [0.4, 0.5) is 4.79 Å². The number of amides is 2. The maximum Gasteiger partial charge on any atom is 0.409 e. The van der Waals surface area contributed by atoms with Gasteiger partial charge in [-0.2, -0.15) is 0 Å². The Morgan fingerprint density at radius 1 is 1.08 bits per heavy atom. The number of benzene rings is 1. The van der Waals surface area contributed by atoms with Gasteiger partial charge in [-0.1, -0.05) is 30.3 Å². The lowest BCUT2D eigenvalue weighted by Gasteiger charge is -2.23. The summed E-state index contributed by atoms with van der Waals surface area (Å²) in [6, 6.07) is 9.21. The first kappa shape index (κ1) is 19.5. The maximum atomic E-state index is 11.9. The van der Waals surface area contributed by atoms with Gasteiger partial charge in [-0.25, -0.2) is 4.79 Å². The van der Waals surface area contributed by atoms with Gasteiger partial charge in [-0.3, -0.25) is 9.59 Å². The molecule has 7 nitrogen and oxygen atoms in total. The third-order valence-corrected chi connectivity index (χ3v) is 2.68. The summed E-state index contributed by atoms with van der Waals surface area (Å²) >= 11 is 0. The smallest absolute Gasteiger partial charge is 0.409 e. The molecule has 0 fully saturated rings. The molecule has 1 aromatic rings. The SMILES string of the molecule is CC(=O)N[C@H](CC(=O)OCc1ccccc1)NC(=O)OC(C)(C)C. The fraction of sp³-hybridized carbons (Fsp3) is 0.471. The normalized spacial score (nSPS) is 12.0. The molecule has 2 amide bonds. The van der Waals surface area contributed by atoms with E-state index in [0.717, 1.165) is 5.56 Å². The lowest BCUT2D eigenvalue weighted by Crippen LogP contribution is -2.49. The minimum absolute atomic E-state index is 0.124. The molecular weight excluding hydrogens is 312 g/mol. The zero-order chi connectivity index (χ0) is 18.2. The molecule has 1 aromatic carbocycles. The molecule has 0 heterocycles. The van der Waals surface area contributed by atoms with E-state index >= 15 is 0 Å². The van der Waals surface area contributed by atoms with E-state index in [0.29, 0.717) is 0 Å². The van der Waals surface area contributed by atoms with Gasteiger partial charge in [0.15, 0.2) is 0 Å². The summed E-state index contributed by atoms with van der Waals surface area (Å²) in [4.78, 5) is 34.9. The van der Waals surface area contributed by atoms with Crippen LogP contribution >= 0.6 is 0 Å². The van der Waals surface area contributed by atoms with Crippen molar-refractivity contribution in [1.29, 1.82) is 0 Å². The van der Waals surface area contributed by atoms with Gasteiger partial charge in [-0.05, 0) is 26.3 Å². The van der Waals surface area contributed by atoms with Gasteiger partial charge in [-0.15, -0.1) is 0 Å². The molecule has 1 atom stereocenters. The molecule has 0 aliphatic heterocycles. The van der Waals surface area contributed by atoms with Gasteiger partial charge in [0.1, 0.15) is 18.4 Å². The lowest BCUT2D eigenvalue weighted by atomic mass is 10.2. The molecule has 132 valence electrons. The Labute approximate surface area is 141 Å². The van der Waals surface area contributed by atoms with Gasteiger partial charge in [0.25, 0.3) is 0 Å². The predicted octanol–water partition coefficient (Wildman–Crippen LogP) is 2.11. The van der Waals surface area contributed by atoms with Crippen LogP contribution in [-0.4, -0.2) is 29.7 Å². The van der Waals surface area contributed by atoms with Crippen LogP contribution < -0.4 is 10.6 Å². The molecule has 0 bridgehead atoms. The predicted molar refractivity (Wildman–Crippen MR) is 87.8 cm³/mol. The molecule has 0 aliphatic carbocycles. The number of rotatable bonds is 6. The summed E-state index contributed by atoms with van der Waals surface area (Å²) in [6.45, 7) is 6.56. The van der Waals surface area contributed by atoms with Gasteiger partial charge in [0.2, 0.25) is 5.91 Å². The summed E-state index contributed by atoms with van der Waals surface area (Å²) in [5, 5.41) is 4.91. The van der Waals surface area contributed by atoms with Crippen molar-refractivity contribution in [3.8, 4) is 0 Å². The number of hydrogen-bond acceptors (Lipinski definition) is 5. The molecule has 0 spiro atoms. The number of alkyl carbamates (subject to hydrolysis) is 1. The highest BCUT2D eigenvalue weighted by Crippen LogP contribution is 2.07. The van der Waals surface area contributed by atoms with Gasteiger partial charge in [0, 0.05) is 6.92 Å². The molecule has 0 aliphatic rings. The van der Waals surface area contributed by atoms with Gasteiger partial charge < -0.3 is 20.1 Å². The van der Waals surface area contributed by atoms with E-state index in [1.54, 1.807) is 20.8 Å². The van der Waals surface area contributed by atoms with Crippen molar-refractivity contribution in [3.63, 3.8) is 0 Å². The number of nitrogens with one attached hydrogen (secondary N) is 2. The molecule has 0 aromatic heterocycles. The molecular formula is C17H24N2O5. The highest BCUT2D eigenvalue weighted by molar-refractivity contribution is 5.77. The standard InChI is InChI=1S/C17H24N2O5/c1-12(20)18-14(19-16(22)24-17(2,3)4)10-15(21)23-11-13-8-6-5-7-9-13/h5-9,14H,10-11H2,1-4H3,(H,18,20)(H,19,22)/t14-/m0/s1. The summed E-state index contributed by atoms with van der Waals surface area (Å²) in [5.41, 5.74) is 0.167. The Bertz CT molecular complexity index is 566. The summed E-state index contributed by atoms with van der Waals surface area (Å²) in [5.74, 6) is -0.930. The topological polar surface area (TPSA) is 93.7 Å². The van der Waals surface area contributed by atoms with Crippen LogP contribution in [0.5, 0.6) is 0 Å². The molecule has 0 saturated heterocycles. The van der Waals surface area contributed by atoms with E-state index in [-0.39, 0.29) is 18.9 Å². The highest BCUT2D eigenvalue weighted by Gasteiger charge is 2.22. The van der Waals surface area contributed by atoms with Crippen molar-refractivity contribution in [2.45, 2.75) is 52.5 Å². The molecule has 2 N–H and O–H groups in total. The molecule has 24 heavy (non-hydrogen) atoms. The fourth-order valence-electron chi connectivity index (χ4n) is 1.80. The second-order valence-electron chi connectivity index (χ2n) is 6.25. The number of esters is 1. The minimum Gasteiger partial charge on any atom is -0.461 e. The van der Waals surface area contributed by atoms with Gasteiger partial charge in [0.05, 0.1) is 6.42 Å². The highest BCUT2D eigenvalue weighted by atomic mass is 16.6. The van der Waals surface area contributed by atoms with Crippen molar-refractivity contribution < 1.29 is 23.9 Å². The molecule has 0 saturated carbocycles. The van der Waals surface area contributed by atoms with Crippen LogP contribution in [0.15, 0.2) is 30.3 Å². The van der Waals surface area contributed by atoms with Crippen LogP contribution in [0, 0.1) is 0 Å². The summed E-state index contributed by atoms with van der Waals surface area (Å²) in [7, 11) is 0. The number of carbonyl (C=O) groups excluding carboxylic acids is 3. The van der Waals surface area contributed by atoms with Crippen molar-refractivity contribution in [2.24, 2.45) is 0 Å². The Morgan fingerprint density at radius 3 is 2.25 bits per heavy atom. The lowest BCUT2D eigenvalue weighted by molar-refractivity contribution is -0.145. The zero-order valence-corrected chi connectivity index (χ0v) is 14.4. The van der Waals surface area contributed by atoms with Crippen LogP contribution in [0.1, 0.15) is 39.7 Å². The Kier molecular flexibility index (Phi) is 7.23. The van der Waals surface area contributed by atoms with Crippen LogP contribution in [0.2, 0.25) is 0 Å². The summed E-state index contributed by atoms with van der Waals surface area (Å²) < 4.78 is 10.2. The van der Waals surface area contributed by atoms with Crippen molar-refractivity contribution >= 4 is 18.0 Å². The van der Waals surface area contributed by atoms with Crippen LogP contribution in [-0.2, 0) is 25.7 Å². The van der Waals surface area contributed by atoms with Crippen LogP contribution in [0.3, 0.4) is 0 Å². The average molecular weight is 336 g/mol. The van der Waals surface area contributed by atoms with Crippen molar-refractivity contribution in [2.75, 3.05) is 0 Å². The molecule has 0 unspecified atom stereocenters. The first-order valence-electron chi connectivity index (χ1n) is 7.62. The first-order chi connectivity index (χ1) is 11.2. The Balaban J connectivity index is 2.53. The van der Waals surface area contributed by atoms with Crippen molar-refractivity contribution in [1.82, 2.24) is 10.6 Å². The number of carbonyl (C=O) groups is 3. The third kappa shape index (κ3) is 8.77. The van der Waals surface area contributed by atoms with Gasteiger partial charge >= 0.3 is 12.1 Å². The number of hydrogen-bond donors (Lipinski definition) is 2. The Morgan fingerprint density at radius 2 is 1.71 bits per heavy atom. The van der Waals surface area contributed by atoms with E-state index < -0.39 is 23.8 Å². The Hall–Kier alpha value is -2.57. The monoisotopic (exact) mass is 336 g/mol. The first-order valence-corrected chi connectivity index (χ1v) is 7.62. The van der Waals surface area contributed by atoms with E-state index in [2.05, 4.69) is 10.6 Å². The number of ether oxygens (including phenoxy) is 2. The van der Waals surface area contributed by atoms with E-state index in [9.17, 15) is 14.4 Å². The largest absolute Gasteiger partial charge is 0.461 e. The maximum absolute atomic E-state index is 11.9. The third-order valence-electron chi connectivity index (χ3n) is 2.68. The second-order valence-corrected chi connectivity index (χ2v) is 6.25. The van der Waals surface area contributed by atoms with Crippen molar-refractivity contribution in [3.05, 3.63) is 35.9 Å². The van der Waals surface area contributed by atoms with E-state index in [4.69, 9.17) is 9.47 Å². The average Bonchev–Trinajstić information content (AvgIpc) is 2.43.